The fraction of sp³-hybridized carbons (Fsp3) is 0.167. The molecule has 3 rings (SSSR count). The highest BCUT2D eigenvalue weighted by atomic mass is 16.0. The summed E-state index contributed by atoms with van der Waals surface area (Å²) in [6, 6.07) is 0. The second-order valence-corrected chi connectivity index (χ2v) is 3.99. The predicted molar refractivity (Wildman–Crippen MR) is 71.1 cm³/mol. The molecule has 0 saturated carbocycles. The first-order chi connectivity index (χ1) is 8.28. The molecule has 100 valence electrons. The molecule has 2 aromatic rings. The van der Waals surface area contributed by atoms with Crippen LogP contribution in [0.5, 0.6) is 0 Å². The van der Waals surface area contributed by atoms with Gasteiger partial charge in [0, 0.05) is 12.4 Å². The smallest absolute Gasteiger partial charge is 0.181 e. The lowest BCUT2D eigenvalue weighted by molar-refractivity contribution is 0.527. The van der Waals surface area contributed by atoms with Crippen LogP contribution < -0.4 is 5.73 Å². The Morgan fingerprint density at radius 1 is 1.05 bits per heavy atom. The van der Waals surface area contributed by atoms with E-state index in [1.807, 2.05) is 24.3 Å². The minimum absolute atomic E-state index is 0. The molecule has 1 atom stereocenters. The Bertz CT molecular complexity index is 628. The van der Waals surface area contributed by atoms with Gasteiger partial charge in [0.2, 0.25) is 0 Å². The normalized spacial score (nSPS) is 20.7. The molecule has 19 heavy (non-hydrogen) atoms. The van der Waals surface area contributed by atoms with Gasteiger partial charge in [-0.15, -0.1) is 0 Å². The molecule has 0 saturated heterocycles. The molecular weight excluding hydrogens is 246 g/mol. The molecule has 1 aliphatic rings. The van der Waals surface area contributed by atoms with E-state index in [0.29, 0.717) is 23.4 Å². The first kappa shape index (κ1) is 14.8. The minimum atomic E-state index is -0.638. The van der Waals surface area contributed by atoms with Crippen molar-refractivity contribution >= 4 is 11.2 Å². The summed E-state index contributed by atoms with van der Waals surface area (Å²) in [7, 11) is 0. The van der Waals surface area contributed by atoms with Crippen molar-refractivity contribution in [1.82, 2.24) is 19.9 Å². The second kappa shape index (κ2) is 5.61. The fourth-order valence-corrected chi connectivity index (χ4v) is 1.80. The zero-order chi connectivity index (χ0) is 11.7. The van der Waals surface area contributed by atoms with E-state index in [0.717, 1.165) is 0 Å². The lowest BCUT2D eigenvalue weighted by Crippen LogP contribution is -2.36. The molecule has 1 aliphatic carbocycles. The maximum absolute atomic E-state index is 6.26. The summed E-state index contributed by atoms with van der Waals surface area (Å²) in [5, 5.41) is 0. The third-order valence-corrected chi connectivity index (χ3v) is 2.74. The molecule has 2 heterocycles. The molecule has 0 aromatic carbocycles. The number of fused-ring (bicyclic) bond motifs is 1. The second-order valence-electron chi connectivity index (χ2n) is 3.99. The summed E-state index contributed by atoms with van der Waals surface area (Å²) >= 11 is 0. The van der Waals surface area contributed by atoms with Gasteiger partial charge in [-0.05, 0) is 6.42 Å². The monoisotopic (exact) mass is 261 g/mol. The Balaban J connectivity index is 0.000000902. The molecule has 6 N–H and O–H groups in total. The Morgan fingerprint density at radius 3 is 2.58 bits per heavy atom. The Morgan fingerprint density at radius 2 is 1.84 bits per heavy atom. The summed E-state index contributed by atoms with van der Waals surface area (Å²) in [6.45, 7) is 0. The van der Waals surface area contributed by atoms with E-state index in [2.05, 4.69) is 19.9 Å². The molecule has 0 amide bonds. The van der Waals surface area contributed by atoms with Gasteiger partial charge >= 0.3 is 0 Å². The maximum Gasteiger partial charge on any atom is 0.181 e. The van der Waals surface area contributed by atoms with Gasteiger partial charge in [-0.2, -0.15) is 0 Å². The van der Waals surface area contributed by atoms with Crippen molar-refractivity contribution in [2.75, 3.05) is 0 Å². The van der Waals surface area contributed by atoms with Gasteiger partial charge in [0.25, 0.3) is 0 Å². The topological polar surface area (TPSA) is 141 Å². The third-order valence-electron chi connectivity index (χ3n) is 2.74. The van der Waals surface area contributed by atoms with E-state index in [1.54, 1.807) is 18.6 Å². The van der Waals surface area contributed by atoms with Gasteiger partial charge in [0.1, 0.15) is 5.52 Å². The summed E-state index contributed by atoms with van der Waals surface area (Å²) in [4.78, 5) is 16.9. The largest absolute Gasteiger partial charge is 0.412 e. The highest BCUT2D eigenvalue weighted by Gasteiger charge is 2.27. The molecule has 0 spiro atoms. The summed E-state index contributed by atoms with van der Waals surface area (Å²) in [5.41, 5.74) is 6.87. The van der Waals surface area contributed by atoms with Gasteiger partial charge in [0.15, 0.2) is 11.5 Å². The Hall–Kier alpha value is -2.22. The van der Waals surface area contributed by atoms with Gasteiger partial charge < -0.3 is 16.7 Å². The van der Waals surface area contributed by atoms with Crippen molar-refractivity contribution < 1.29 is 11.0 Å². The summed E-state index contributed by atoms with van der Waals surface area (Å²) in [6.07, 6.45) is 13.4. The van der Waals surface area contributed by atoms with Gasteiger partial charge in [-0.25, -0.2) is 19.9 Å². The molecule has 7 nitrogen and oxygen atoms in total. The van der Waals surface area contributed by atoms with Crippen molar-refractivity contribution in [2.24, 2.45) is 5.73 Å². The summed E-state index contributed by atoms with van der Waals surface area (Å²) in [5.74, 6) is 0.575. The van der Waals surface area contributed by atoms with Crippen LogP contribution in [0.1, 0.15) is 12.2 Å². The van der Waals surface area contributed by atoms with Crippen LogP contribution in [-0.4, -0.2) is 30.9 Å². The first-order valence-electron chi connectivity index (χ1n) is 5.35. The number of hydrogen-bond acceptors (Lipinski definition) is 5. The highest BCUT2D eigenvalue weighted by molar-refractivity contribution is 5.67. The maximum atomic E-state index is 6.26. The van der Waals surface area contributed by atoms with Crippen LogP contribution in [0, 0.1) is 0 Å². The zero-order valence-electron chi connectivity index (χ0n) is 10.1. The average Bonchev–Trinajstić information content (AvgIpc) is 2.39. The fourth-order valence-electron chi connectivity index (χ4n) is 1.80. The number of rotatable bonds is 1. The molecule has 7 heteroatoms. The molecule has 0 bridgehead atoms. The van der Waals surface area contributed by atoms with Gasteiger partial charge in [0.05, 0.1) is 11.7 Å². The van der Waals surface area contributed by atoms with E-state index in [4.69, 9.17) is 5.73 Å². The highest BCUT2D eigenvalue weighted by Crippen LogP contribution is 2.24. The lowest BCUT2D eigenvalue weighted by atomic mass is 9.91. The van der Waals surface area contributed by atoms with Crippen LogP contribution in [0.15, 0.2) is 42.9 Å². The predicted octanol–water partition coefficient (Wildman–Crippen LogP) is -0.559. The molecule has 1 unspecified atom stereocenters. The average molecular weight is 261 g/mol. The van der Waals surface area contributed by atoms with Gasteiger partial charge in [-0.1, -0.05) is 24.3 Å². The van der Waals surface area contributed by atoms with Crippen molar-refractivity contribution in [1.29, 1.82) is 0 Å². The number of nitrogens with zero attached hydrogens (tertiary/aromatic N) is 4. The first-order valence-corrected chi connectivity index (χ1v) is 5.35. The number of allylic oxidation sites excluding steroid dienone is 2. The van der Waals surface area contributed by atoms with Crippen LogP contribution in [0.4, 0.5) is 0 Å². The number of aromatic nitrogens is 4. The quantitative estimate of drug-likeness (QED) is 0.732. The van der Waals surface area contributed by atoms with Crippen LogP contribution in [0.2, 0.25) is 0 Å². The Kier molecular flexibility index (Phi) is 4.38. The molecular formula is C12H15N5O2. The van der Waals surface area contributed by atoms with E-state index < -0.39 is 5.54 Å². The summed E-state index contributed by atoms with van der Waals surface area (Å²) < 4.78 is 0. The van der Waals surface area contributed by atoms with Crippen LogP contribution in [-0.2, 0) is 5.54 Å². The van der Waals surface area contributed by atoms with Crippen molar-refractivity contribution in [3.05, 3.63) is 48.7 Å². The Labute approximate surface area is 109 Å². The third kappa shape index (κ3) is 2.63. The van der Waals surface area contributed by atoms with Crippen LogP contribution >= 0.6 is 0 Å². The SMILES string of the molecule is NC1(c2ncc3nccnc3n2)C=CC=CC1.O.O. The standard InChI is InChI=1S/C12H11N5.2H2O/c13-12(4-2-1-3-5-12)11-16-8-9-10(17-11)15-7-6-14-9;;/h1-4,6-8H,5,13H2;2*1H2. The molecule has 0 radical (unpaired) electrons. The molecule has 0 fully saturated rings. The molecule has 2 aromatic heterocycles. The van der Waals surface area contributed by atoms with E-state index in [9.17, 15) is 0 Å². The van der Waals surface area contributed by atoms with Crippen LogP contribution in [0.25, 0.3) is 11.2 Å². The zero-order valence-corrected chi connectivity index (χ0v) is 10.1. The van der Waals surface area contributed by atoms with E-state index >= 15 is 0 Å². The minimum Gasteiger partial charge on any atom is -0.412 e. The molecule has 0 aliphatic heterocycles. The van der Waals surface area contributed by atoms with E-state index in [-0.39, 0.29) is 11.0 Å². The van der Waals surface area contributed by atoms with Crippen LogP contribution in [0.3, 0.4) is 0 Å². The van der Waals surface area contributed by atoms with Crippen molar-refractivity contribution in [3.63, 3.8) is 0 Å². The number of hydrogen-bond donors (Lipinski definition) is 1. The van der Waals surface area contributed by atoms with Crippen molar-refractivity contribution in [2.45, 2.75) is 12.0 Å². The van der Waals surface area contributed by atoms with Gasteiger partial charge in [-0.3, -0.25) is 0 Å². The van der Waals surface area contributed by atoms with E-state index in [1.165, 1.54) is 0 Å². The van der Waals surface area contributed by atoms with Crippen molar-refractivity contribution in [3.8, 4) is 0 Å². The lowest BCUT2D eigenvalue weighted by Gasteiger charge is -2.24. The number of nitrogens with two attached hydrogens (primary N) is 1.